The number of ether oxygens (including phenoxy) is 1. The Labute approximate surface area is 223 Å². The highest BCUT2D eigenvalue weighted by Gasteiger charge is 2.24. The lowest BCUT2D eigenvalue weighted by Crippen LogP contribution is -2.28. The third kappa shape index (κ3) is 5.75. The molecule has 1 aromatic carbocycles. The molecule has 0 spiro atoms. The van der Waals surface area contributed by atoms with Gasteiger partial charge in [-0.25, -0.2) is 9.67 Å². The fourth-order valence-electron chi connectivity index (χ4n) is 3.62. The number of methoxy groups -OCH3 is 1. The zero-order valence-electron chi connectivity index (χ0n) is 21.3. The summed E-state index contributed by atoms with van der Waals surface area (Å²) in [5, 5.41) is 21.7. The average molecular weight is 539 g/mol. The van der Waals surface area contributed by atoms with Crippen LogP contribution in [0.15, 0.2) is 41.8 Å². The summed E-state index contributed by atoms with van der Waals surface area (Å²) in [5.41, 5.74) is 1.75. The van der Waals surface area contributed by atoms with Gasteiger partial charge in [-0.15, -0.1) is 5.10 Å². The molecule has 3 aromatic heterocycles. The zero-order chi connectivity index (χ0) is 27.2. The Balaban J connectivity index is 1.66. The minimum absolute atomic E-state index is 0.104. The van der Waals surface area contributed by atoms with Gasteiger partial charge in [0.1, 0.15) is 12.3 Å². The number of nitrogens with one attached hydrogen (secondary N) is 3. The highest BCUT2D eigenvalue weighted by atomic mass is 35.5. The number of aromatic nitrogens is 5. The van der Waals surface area contributed by atoms with E-state index in [2.05, 4.69) is 36.1 Å². The van der Waals surface area contributed by atoms with Crippen molar-refractivity contribution < 1.29 is 19.2 Å². The molecule has 0 bridgehead atoms. The van der Waals surface area contributed by atoms with E-state index >= 15 is 0 Å². The molecular formula is C25H27ClN8O4. The van der Waals surface area contributed by atoms with Crippen LogP contribution in [0.1, 0.15) is 40.3 Å². The van der Waals surface area contributed by atoms with E-state index in [4.69, 9.17) is 21.2 Å². The van der Waals surface area contributed by atoms with Crippen molar-refractivity contribution in [3.05, 3.63) is 58.5 Å². The molecule has 0 fully saturated rings. The molecule has 198 valence electrons. The maximum Gasteiger partial charge on any atom is 0.274 e. The van der Waals surface area contributed by atoms with E-state index in [0.717, 1.165) is 0 Å². The number of anilines is 1. The number of fused-ring (bicyclic) bond motifs is 1. The Bertz CT molecular complexity index is 1490. The summed E-state index contributed by atoms with van der Waals surface area (Å²) < 4.78 is 6.52. The van der Waals surface area contributed by atoms with Gasteiger partial charge < -0.3 is 20.2 Å². The van der Waals surface area contributed by atoms with Gasteiger partial charge in [-0.1, -0.05) is 30.6 Å². The number of pyridine rings is 1. The van der Waals surface area contributed by atoms with Gasteiger partial charge in [-0.3, -0.25) is 14.7 Å². The number of hydrogen-bond acceptors (Lipinski definition) is 8. The normalized spacial score (nSPS) is 11.3. The van der Waals surface area contributed by atoms with Crippen molar-refractivity contribution in [2.24, 2.45) is 11.1 Å². The lowest BCUT2D eigenvalue weighted by molar-refractivity contribution is 0.0960. The average Bonchev–Trinajstić information content (AvgIpc) is 3.53. The summed E-state index contributed by atoms with van der Waals surface area (Å²) in [6.45, 7) is 6.39. The van der Waals surface area contributed by atoms with Crippen LogP contribution in [0.5, 0.6) is 5.88 Å². The van der Waals surface area contributed by atoms with Gasteiger partial charge >= 0.3 is 0 Å². The first-order valence-electron chi connectivity index (χ1n) is 11.7. The number of nitrogens with zero attached hydrogens (tertiary/aromatic N) is 5. The lowest BCUT2D eigenvalue weighted by atomic mass is 10.0. The molecule has 13 heteroatoms. The van der Waals surface area contributed by atoms with Crippen LogP contribution in [-0.2, 0) is 4.84 Å². The van der Waals surface area contributed by atoms with E-state index in [1.165, 1.54) is 30.3 Å². The highest BCUT2D eigenvalue weighted by molar-refractivity contribution is 6.32. The predicted octanol–water partition coefficient (Wildman–Crippen LogP) is 3.75. The van der Waals surface area contributed by atoms with Crippen LogP contribution in [0.4, 0.5) is 5.69 Å². The molecule has 0 aliphatic heterocycles. The third-order valence-corrected chi connectivity index (χ3v) is 5.67. The Kier molecular flexibility index (Phi) is 8.22. The van der Waals surface area contributed by atoms with Crippen LogP contribution >= 0.6 is 11.6 Å². The van der Waals surface area contributed by atoms with Gasteiger partial charge in [-0.2, -0.15) is 5.10 Å². The largest absolute Gasteiger partial charge is 0.480 e. The summed E-state index contributed by atoms with van der Waals surface area (Å²) in [4.78, 5) is 36.2. The number of oxime groups is 1. The number of halogens is 1. The quantitative estimate of drug-likeness (QED) is 0.205. The number of carbonyl (C=O) groups excluding carboxylic acids is 2. The van der Waals surface area contributed by atoms with E-state index < -0.39 is 11.8 Å². The first-order chi connectivity index (χ1) is 18.3. The van der Waals surface area contributed by atoms with Gasteiger partial charge in [0.15, 0.2) is 5.82 Å². The number of benzene rings is 1. The summed E-state index contributed by atoms with van der Waals surface area (Å²) in [7, 11) is 1.43. The third-order valence-electron chi connectivity index (χ3n) is 5.38. The monoisotopic (exact) mass is 538 g/mol. The van der Waals surface area contributed by atoms with Crippen molar-refractivity contribution in [3.63, 3.8) is 0 Å². The Morgan fingerprint density at radius 2 is 2.11 bits per heavy atom. The minimum Gasteiger partial charge on any atom is -0.480 e. The molecule has 3 heterocycles. The second kappa shape index (κ2) is 11.7. The van der Waals surface area contributed by atoms with Crippen LogP contribution in [0.2, 0.25) is 5.02 Å². The van der Waals surface area contributed by atoms with Gasteiger partial charge in [0.25, 0.3) is 11.8 Å². The van der Waals surface area contributed by atoms with Gasteiger partial charge in [0.2, 0.25) is 5.88 Å². The van der Waals surface area contributed by atoms with Crippen molar-refractivity contribution in [1.29, 1.82) is 0 Å². The molecule has 2 amide bonds. The fourth-order valence-corrected chi connectivity index (χ4v) is 3.82. The maximum absolute atomic E-state index is 13.5. The van der Waals surface area contributed by atoms with Crippen LogP contribution < -0.4 is 15.4 Å². The molecule has 0 saturated heterocycles. The number of rotatable bonds is 10. The van der Waals surface area contributed by atoms with Crippen molar-refractivity contribution in [3.8, 4) is 11.7 Å². The molecule has 0 saturated carbocycles. The standard InChI is InChI=1S/C25H27ClN8O4/c1-14(2)13-38-30-9-8-28-25(36)20-21(15(3)10-16-12-29-32-22(16)20)31-24(35)18-11-19(37-4)33-34(18)23-17(26)6-5-7-27-23/h5-7,9-12,14H,8,13H2,1-4H3,(H,28,36)(H,29,32)(H,31,35)/b30-9+. The molecule has 38 heavy (non-hydrogen) atoms. The number of hydrogen-bond donors (Lipinski definition) is 3. The van der Waals surface area contributed by atoms with E-state index in [0.29, 0.717) is 39.7 Å². The number of H-pyrrole nitrogens is 1. The second-order valence-corrected chi connectivity index (χ2v) is 9.12. The summed E-state index contributed by atoms with van der Waals surface area (Å²) >= 11 is 6.31. The van der Waals surface area contributed by atoms with Crippen molar-refractivity contribution in [2.75, 3.05) is 25.6 Å². The number of aryl methyl sites for hydroxylation is 1. The Hall–Kier alpha value is -4.45. The van der Waals surface area contributed by atoms with Crippen molar-refractivity contribution in [1.82, 2.24) is 30.3 Å². The first kappa shape index (κ1) is 26.6. The molecule has 0 radical (unpaired) electrons. The molecular weight excluding hydrogens is 512 g/mol. The van der Waals surface area contributed by atoms with Crippen LogP contribution in [0.25, 0.3) is 16.7 Å². The number of carbonyl (C=O) groups is 2. The van der Waals surface area contributed by atoms with Gasteiger partial charge in [-0.05, 0) is 36.6 Å². The summed E-state index contributed by atoms with van der Waals surface area (Å²) in [6, 6.07) is 6.58. The fraction of sp³-hybridized carbons (Fsp3) is 0.280. The second-order valence-electron chi connectivity index (χ2n) is 8.71. The summed E-state index contributed by atoms with van der Waals surface area (Å²) in [5.74, 6) is -0.219. The van der Waals surface area contributed by atoms with Crippen molar-refractivity contribution >= 4 is 46.2 Å². The SMILES string of the molecule is COc1cc(C(=O)Nc2c(C)cc3cn[nH]c3c2C(=O)NC/C=N/OCC(C)C)n(-c2ncccc2Cl)n1. The topological polar surface area (TPSA) is 148 Å². The summed E-state index contributed by atoms with van der Waals surface area (Å²) in [6.07, 6.45) is 4.60. The molecule has 3 N–H and O–H groups in total. The minimum atomic E-state index is -0.554. The van der Waals surface area contributed by atoms with E-state index in [9.17, 15) is 9.59 Å². The van der Waals surface area contributed by atoms with E-state index in [-0.39, 0.29) is 29.5 Å². The van der Waals surface area contributed by atoms with Crippen LogP contribution in [0, 0.1) is 12.8 Å². The van der Waals surface area contributed by atoms with Crippen LogP contribution in [-0.4, -0.2) is 63.3 Å². The van der Waals surface area contributed by atoms with Crippen LogP contribution in [0.3, 0.4) is 0 Å². The predicted molar refractivity (Wildman–Crippen MR) is 143 cm³/mol. The molecule has 4 aromatic rings. The molecule has 0 aliphatic carbocycles. The first-order valence-corrected chi connectivity index (χ1v) is 12.1. The Morgan fingerprint density at radius 1 is 1.29 bits per heavy atom. The highest BCUT2D eigenvalue weighted by Crippen LogP contribution is 2.30. The maximum atomic E-state index is 13.5. The Morgan fingerprint density at radius 3 is 2.84 bits per heavy atom. The van der Waals surface area contributed by atoms with Gasteiger partial charge in [0.05, 0.1) is 47.9 Å². The zero-order valence-corrected chi connectivity index (χ0v) is 22.0. The van der Waals surface area contributed by atoms with Gasteiger partial charge in [0, 0.05) is 17.6 Å². The number of aromatic amines is 1. The molecule has 4 rings (SSSR count). The smallest absolute Gasteiger partial charge is 0.274 e. The van der Waals surface area contributed by atoms with E-state index in [1.807, 2.05) is 19.9 Å². The van der Waals surface area contributed by atoms with Crippen molar-refractivity contribution in [2.45, 2.75) is 20.8 Å². The molecule has 0 atom stereocenters. The molecule has 12 nitrogen and oxygen atoms in total. The molecule has 0 aliphatic rings. The molecule has 0 unspecified atom stereocenters. The number of amides is 2. The van der Waals surface area contributed by atoms with E-state index in [1.54, 1.807) is 25.3 Å². The lowest BCUT2D eigenvalue weighted by Gasteiger charge is -2.15.